The second-order valence-corrected chi connectivity index (χ2v) is 4.93. The van der Waals surface area contributed by atoms with Gasteiger partial charge in [-0.3, -0.25) is 10.4 Å². The molecule has 0 radical (unpaired) electrons. The molecule has 1 aliphatic heterocycles. The molecule has 3 N–H and O–H groups in total. The average Bonchev–Trinajstić information content (AvgIpc) is 2.93. The van der Waals surface area contributed by atoms with Crippen LogP contribution in [0.4, 0.5) is 29.5 Å². The van der Waals surface area contributed by atoms with Crippen LogP contribution in [0.15, 0.2) is 18.2 Å². The first-order valence-corrected chi connectivity index (χ1v) is 6.99. The number of ether oxygens (including phenoxy) is 2. The van der Waals surface area contributed by atoms with Crippen molar-refractivity contribution in [1.82, 2.24) is 10.2 Å². The number of benzene rings is 1. The zero-order valence-electron chi connectivity index (χ0n) is 12.2. The first-order chi connectivity index (χ1) is 11.5. The van der Waals surface area contributed by atoms with E-state index in [1.54, 1.807) is 0 Å². The molecule has 3 rings (SSSR count). The molecule has 2 heterocycles. The van der Waals surface area contributed by atoms with Gasteiger partial charge in [0.1, 0.15) is 11.6 Å². The van der Waals surface area contributed by atoms with Gasteiger partial charge in [0, 0.05) is 23.7 Å². The number of H-pyrrole nitrogens is 1. The Hall–Kier alpha value is -2.75. The Morgan fingerprint density at radius 3 is 3.00 bits per heavy atom. The summed E-state index contributed by atoms with van der Waals surface area (Å²) in [6, 6.07) is 2.05. The summed E-state index contributed by atoms with van der Waals surface area (Å²) in [5, 5.41) is 11.5. The van der Waals surface area contributed by atoms with E-state index in [0.717, 1.165) is 23.9 Å². The molecule has 1 aromatic carbocycles. The number of nitrogens with one attached hydrogen (secondary N) is 3. The molecule has 0 bridgehead atoms. The fourth-order valence-corrected chi connectivity index (χ4v) is 2.28. The Balaban J connectivity index is 1.73. The van der Waals surface area contributed by atoms with Crippen LogP contribution in [0.1, 0.15) is 11.3 Å². The van der Waals surface area contributed by atoms with Crippen molar-refractivity contribution in [2.24, 2.45) is 0 Å². The van der Waals surface area contributed by atoms with Gasteiger partial charge in [-0.25, -0.2) is 9.18 Å². The third kappa shape index (κ3) is 3.59. The SMILES string of the molecule is O=C(Nc1cc(F)ccc1OC(F)F)Nc1n[nH]c2c1COCC2. The fourth-order valence-electron chi connectivity index (χ4n) is 2.28. The quantitative estimate of drug-likeness (QED) is 0.797. The van der Waals surface area contributed by atoms with Gasteiger partial charge in [-0.2, -0.15) is 13.9 Å². The van der Waals surface area contributed by atoms with Crippen molar-refractivity contribution in [2.45, 2.75) is 19.6 Å². The standard InChI is InChI=1S/C14H13F3N4O3/c15-7-1-2-11(24-13(16)17)10(5-7)18-14(22)19-12-8-6-23-4-3-9(8)20-21-12/h1-2,5,13H,3-4,6H2,(H3,18,19,20,21,22). The number of nitrogens with zero attached hydrogens (tertiary/aromatic N) is 1. The number of alkyl halides is 2. The molecule has 128 valence electrons. The van der Waals surface area contributed by atoms with E-state index in [1.807, 2.05) is 0 Å². The van der Waals surface area contributed by atoms with Gasteiger partial charge in [-0.05, 0) is 12.1 Å². The Morgan fingerprint density at radius 1 is 1.38 bits per heavy atom. The molecule has 0 spiro atoms. The van der Waals surface area contributed by atoms with Crippen LogP contribution in [0, 0.1) is 5.82 Å². The molecule has 1 aliphatic rings. The average molecular weight is 342 g/mol. The van der Waals surface area contributed by atoms with E-state index in [0.29, 0.717) is 25.2 Å². The maximum absolute atomic E-state index is 13.3. The lowest BCUT2D eigenvalue weighted by molar-refractivity contribution is -0.0494. The number of anilines is 2. The number of aromatic nitrogens is 2. The fraction of sp³-hybridized carbons (Fsp3) is 0.286. The molecule has 2 amide bonds. The van der Waals surface area contributed by atoms with Crippen molar-refractivity contribution in [3.63, 3.8) is 0 Å². The molecule has 0 atom stereocenters. The molecule has 1 aromatic heterocycles. The van der Waals surface area contributed by atoms with Crippen molar-refractivity contribution in [1.29, 1.82) is 0 Å². The molecule has 0 saturated carbocycles. The minimum Gasteiger partial charge on any atom is -0.433 e. The Bertz CT molecular complexity index is 751. The second kappa shape index (κ2) is 6.79. The highest BCUT2D eigenvalue weighted by Gasteiger charge is 2.20. The van der Waals surface area contributed by atoms with Crippen LogP contribution in [0.3, 0.4) is 0 Å². The summed E-state index contributed by atoms with van der Waals surface area (Å²) in [6.45, 7) is -2.26. The minimum atomic E-state index is -3.10. The lowest BCUT2D eigenvalue weighted by Crippen LogP contribution is -2.22. The van der Waals surface area contributed by atoms with E-state index in [1.165, 1.54) is 0 Å². The monoisotopic (exact) mass is 342 g/mol. The van der Waals surface area contributed by atoms with Crippen molar-refractivity contribution in [3.05, 3.63) is 35.3 Å². The maximum atomic E-state index is 13.3. The summed E-state index contributed by atoms with van der Waals surface area (Å²) < 4.78 is 47.5. The predicted molar refractivity (Wildman–Crippen MR) is 77.6 cm³/mol. The molecule has 0 aliphatic carbocycles. The van der Waals surface area contributed by atoms with E-state index in [4.69, 9.17) is 4.74 Å². The number of carbonyl (C=O) groups is 1. The van der Waals surface area contributed by atoms with Crippen molar-refractivity contribution >= 4 is 17.5 Å². The topological polar surface area (TPSA) is 88.3 Å². The summed E-state index contributed by atoms with van der Waals surface area (Å²) >= 11 is 0. The molecule has 7 nitrogen and oxygen atoms in total. The molecule has 24 heavy (non-hydrogen) atoms. The number of amides is 2. The predicted octanol–water partition coefficient (Wildman–Crippen LogP) is 2.87. The lowest BCUT2D eigenvalue weighted by Gasteiger charge is -2.14. The summed E-state index contributed by atoms with van der Waals surface area (Å²) in [5.41, 5.74) is 1.33. The van der Waals surface area contributed by atoms with Gasteiger partial charge in [0.25, 0.3) is 0 Å². The molecule has 0 fully saturated rings. The normalized spacial score (nSPS) is 13.5. The van der Waals surface area contributed by atoms with Crippen molar-refractivity contribution in [3.8, 4) is 5.75 Å². The zero-order valence-corrected chi connectivity index (χ0v) is 12.2. The Labute approximate surface area is 134 Å². The molecule has 0 saturated heterocycles. The zero-order chi connectivity index (χ0) is 17.1. The first-order valence-electron chi connectivity index (χ1n) is 6.99. The summed E-state index contributed by atoms with van der Waals surface area (Å²) in [4.78, 5) is 12.0. The third-order valence-corrected chi connectivity index (χ3v) is 3.33. The Morgan fingerprint density at radius 2 is 2.21 bits per heavy atom. The van der Waals surface area contributed by atoms with Gasteiger partial charge < -0.3 is 14.8 Å². The van der Waals surface area contributed by atoms with Gasteiger partial charge in [0.2, 0.25) is 0 Å². The highest BCUT2D eigenvalue weighted by molar-refractivity contribution is 6.00. The van der Waals surface area contributed by atoms with Gasteiger partial charge in [-0.15, -0.1) is 0 Å². The minimum absolute atomic E-state index is 0.228. The maximum Gasteiger partial charge on any atom is 0.387 e. The lowest BCUT2D eigenvalue weighted by atomic mass is 10.1. The molecular weight excluding hydrogens is 329 g/mol. The Kier molecular flexibility index (Phi) is 4.56. The van der Waals surface area contributed by atoms with Crippen LogP contribution in [0.2, 0.25) is 0 Å². The number of aromatic amines is 1. The second-order valence-electron chi connectivity index (χ2n) is 4.93. The van der Waals surface area contributed by atoms with Crippen molar-refractivity contribution < 1.29 is 27.4 Å². The molecule has 2 aromatic rings. The molecular formula is C14H13F3N4O3. The summed E-state index contributed by atoms with van der Waals surface area (Å²) in [7, 11) is 0. The smallest absolute Gasteiger partial charge is 0.387 e. The van der Waals surface area contributed by atoms with Crippen LogP contribution in [0.5, 0.6) is 5.75 Å². The summed E-state index contributed by atoms with van der Waals surface area (Å²) in [5.74, 6) is -0.804. The number of urea groups is 1. The van der Waals surface area contributed by atoms with Crippen molar-refractivity contribution in [2.75, 3.05) is 17.2 Å². The number of fused-ring (bicyclic) bond motifs is 1. The van der Waals surface area contributed by atoms with E-state index >= 15 is 0 Å². The van der Waals surface area contributed by atoms with Crippen LogP contribution in [-0.2, 0) is 17.8 Å². The highest BCUT2D eigenvalue weighted by atomic mass is 19.3. The van der Waals surface area contributed by atoms with E-state index in [9.17, 15) is 18.0 Å². The first kappa shape index (κ1) is 16.1. The number of hydrogen-bond acceptors (Lipinski definition) is 4. The van der Waals surface area contributed by atoms with Crippen LogP contribution in [0.25, 0.3) is 0 Å². The highest BCUT2D eigenvalue weighted by Crippen LogP contribution is 2.27. The molecule has 10 heteroatoms. The van der Waals surface area contributed by atoms with E-state index in [-0.39, 0.29) is 17.3 Å². The number of hydrogen-bond donors (Lipinski definition) is 3. The number of rotatable bonds is 4. The molecule has 0 unspecified atom stereocenters. The number of halogens is 3. The summed E-state index contributed by atoms with van der Waals surface area (Å²) in [6.07, 6.45) is 0.641. The number of carbonyl (C=O) groups excluding carboxylic acids is 1. The van der Waals surface area contributed by atoms with Gasteiger partial charge >= 0.3 is 12.6 Å². The van der Waals surface area contributed by atoms with Gasteiger partial charge in [-0.1, -0.05) is 0 Å². The van der Waals surface area contributed by atoms with E-state index in [2.05, 4.69) is 25.6 Å². The largest absolute Gasteiger partial charge is 0.433 e. The third-order valence-electron chi connectivity index (χ3n) is 3.33. The van der Waals surface area contributed by atoms with E-state index < -0.39 is 18.5 Å². The van der Waals surface area contributed by atoms with Gasteiger partial charge in [0.15, 0.2) is 5.82 Å². The van der Waals surface area contributed by atoms with Gasteiger partial charge in [0.05, 0.1) is 18.9 Å². The van der Waals surface area contributed by atoms with Crippen LogP contribution < -0.4 is 15.4 Å². The van der Waals surface area contributed by atoms with Crippen LogP contribution in [-0.4, -0.2) is 29.4 Å². The van der Waals surface area contributed by atoms with Crippen LogP contribution >= 0.6 is 0 Å².